The predicted molar refractivity (Wildman–Crippen MR) is 77.4 cm³/mol. The lowest BCUT2D eigenvalue weighted by molar-refractivity contribution is 0.0665. The third kappa shape index (κ3) is 3.77. The standard InChI is InChI=1S/C15H22N2O4/c1-11(2)10-21-15(20)16-8-5-12(6-9-16)17-7-3-4-13(17)14(18)19/h3-4,7,11-12H,5-6,8-10H2,1-2H3,(H,18,19). The van der Waals surface area contributed by atoms with Crippen molar-refractivity contribution in [2.45, 2.75) is 32.7 Å². The number of carboxylic acids is 1. The molecular weight excluding hydrogens is 272 g/mol. The second kappa shape index (κ2) is 6.65. The van der Waals surface area contributed by atoms with E-state index in [9.17, 15) is 9.59 Å². The first-order chi connectivity index (χ1) is 9.99. The van der Waals surface area contributed by atoms with E-state index >= 15 is 0 Å². The number of piperidine rings is 1. The molecule has 116 valence electrons. The number of aromatic nitrogens is 1. The number of aromatic carboxylic acids is 1. The van der Waals surface area contributed by atoms with Gasteiger partial charge < -0.3 is 19.3 Å². The minimum atomic E-state index is -0.918. The van der Waals surface area contributed by atoms with E-state index in [-0.39, 0.29) is 12.1 Å². The fraction of sp³-hybridized carbons (Fsp3) is 0.600. The first kappa shape index (κ1) is 15.4. The van der Waals surface area contributed by atoms with E-state index in [4.69, 9.17) is 9.84 Å². The topological polar surface area (TPSA) is 71.8 Å². The third-order valence-electron chi connectivity index (χ3n) is 3.65. The molecule has 1 saturated heterocycles. The lowest BCUT2D eigenvalue weighted by Gasteiger charge is -2.32. The second-order valence-electron chi connectivity index (χ2n) is 5.79. The van der Waals surface area contributed by atoms with Crippen molar-refractivity contribution in [2.75, 3.05) is 19.7 Å². The molecule has 1 aliphatic rings. The zero-order valence-electron chi connectivity index (χ0n) is 12.5. The van der Waals surface area contributed by atoms with Crippen LogP contribution in [0.1, 0.15) is 43.2 Å². The van der Waals surface area contributed by atoms with Gasteiger partial charge in [-0.05, 0) is 30.9 Å². The molecule has 0 unspecified atom stereocenters. The number of likely N-dealkylation sites (tertiary alicyclic amines) is 1. The highest BCUT2D eigenvalue weighted by Crippen LogP contribution is 2.25. The number of carboxylic acid groups (broad SMARTS) is 1. The number of hydrogen-bond donors (Lipinski definition) is 1. The number of hydrogen-bond acceptors (Lipinski definition) is 3. The first-order valence-corrected chi connectivity index (χ1v) is 7.31. The van der Waals surface area contributed by atoms with Crippen LogP contribution in [0.5, 0.6) is 0 Å². The van der Waals surface area contributed by atoms with Gasteiger partial charge in [0.1, 0.15) is 5.69 Å². The Hall–Kier alpha value is -1.98. The van der Waals surface area contributed by atoms with Crippen molar-refractivity contribution in [1.82, 2.24) is 9.47 Å². The molecule has 1 amide bonds. The monoisotopic (exact) mass is 294 g/mol. The Morgan fingerprint density at radius 1 is 1.38 bits per heavy atom. The van der Waals surface area contributed by atoms with Gasteiger partial charge in [0.2, 0.25) is 0 Å². The van der Waals surface area contributed by atoms with Gasteiger partial charge in [0, 0.05) is 25.3 Å². The average Bonchev–Trinajstić information content (AvgIpc) is 2.94. The smallest absolute Gasteiger partial charge is 0.409 e. The largest absolute Gasteiger partial charge is 0.477 e. The molecular formula is C15H22N2O4. The van der Waals surface area contributed by atoms with Crippen LogP contribution >= 0.6 is 0 Å². The molecule has 1 aromatic heterocycles. The minimum absolute atomic E-state index is 0.125. The van der Waals surface area contributed by atoms with Crippen LogP contribution in [0.25, 0.3) is 0 Å². The molecule has 6 heteroatoms. The summed E-state index contributed by atoms with van der Waals surface area (Å²) >= 11 is 0. The Morgan fingerprint density at radius 3 is 2.62 bits per heavy atom. The van der Waals surface area contributed by atoms with Gasteiger partial charge in [-0.15, -0.1) is 0 Å². The Kier molecular flexibility index (Phi) is 4.88. The van der Waals surface area contributed by atoms with E-state index in [1.165, 1.54) is 0 Å². The molecule has 0 aromatic carbocycles. The Balaban J connectivity index is 1.90. The number of ether oxygens (including phenoxy) is 1. The van der Waals surface area contributed by atoms with Crippen molar-refractivity contribution < 1.29 is 19.4 Å². The van der Waals surface area contributed by atoms with Crippen LogP contribution in [-0.4, -0.2) is 46.3 Å². The molecule has 2 rings (SSSR count). The molecule has 1 aliphatic heterocycles. The van der Waals surface area contributed by atoms with Crippen molar-refractivity contribution in [1.29, 1.82) is 0 Å². The Labute approximate surface area is 124 Å². The van der Waals surface area contributed by atoms with Crippen LogP contribution in [0.3, 0.4) is 0 Å². The Bertz CT molecular complexity index is 502. The fourth-order valence-corrected chi connectivity index (χ4v) is 2.55. The normalized spacial score (nSPS) is 16.2. The highest BCUT2D eigenvalue weighted by Gasteiger charge is 2.26. The van der Waals surface area contributed by atoms with Gasteiger partial charge in [-0.1, -0.05) is 13.8 Å². The summed E-state index contributed by atoms with van der Waals surface area (Å²) in [6.07, 6.45) is 3.01. The average molecular weight is 294 g/mol. The van der Waals surface area contributed by atoms with Gasteiger partial charge in [0.25, 0.3) is 0 Å². The highest BCUT2D eigenvalue weighted by molar-refractivity contribution is 5.85. The molecule has 2 heterocycles. The fourth-order valence-electron chi connectivity index (χ4n) is 2.55. The molecule has 0 radical (unpaired) electrons. The quantitative estimate of drug-likeness (QED) is 0.926. The molecule has 0 spiro atoms. The molecule has 0 aliphatic carbocycles. The van der Waals surface area contributed by atoms with E-state index in [0.717, 1.165) is 12.8 Å². The van der Waals surface area contributed by atoms with Crippen molar-refractivity contribution >= 4 is 12.1 Å². The summed E-state index contributed by atoms with van der Waals surface area (Å²) in [5, 5.41) is 9.14. The number of amides is 1. The zero-order chi connectivity index (χ0) is 15.4. The van der Waals surface area contributed by atoms with Gasteiger partial charge in [-0.25, -0.2) is 9.59 Å². The molecule has 0 bridgehead atoms. The van der Waals surface area contributed by atoms with Gasteiger partial charge in [-0.3, -0.25) is 0 Å². The van der Waals surface area contributed by atoms with Gasteiger partial charge in [0.05, 0.1) is 6.61 Å². The van der Waals surface area contributed by atoms with Crippen LogP contribution in [0.2, 0.25) is 0 Å². The lowest BCUT2D eigenvalue weighted by Crippen LogP contribution is -2.40. The van der Waals surface area contributed by atoms with E-state index in [1.807, 2.05) is 13.8 Å². The minimum Gasteiger partial charge on any atom is -0.477 e. The summed E-state index contributed by atoms with van der Waals surface area (Å²) < 4.78 is 7.01. The van der Waals surface area contributed by atoms with Crippen LogP contribution in [0.4, 0.5) is 4.79 Å². The zero-order valence-corrected chi connectivity index (χ0v) is 12.5. The number of carbonyl (C=O) groups is 2. The molecule has 0 atom stereocenters. The van der Waals surface area contributed by atoms with E-state index in [1.54, 1.807) is 27.8 Å². The summed E-state index contributed by atoms with van der Waals surface area (Å²) in [4.78, 5) is 24.7. The third-order valence-corrected chi connectivity index (χ3v) is 3.65. The van der Waals surface area contributed by atoms with Gasteiger partial charge in [-0.2, -0.15) is 0 Å². The van der Waals surface area contributed by atoms with E-state index < -0.39 is 5.97 Å². The second-order valence-corrected chi connectivity index (χ2v) is 5.79. The maximum Gasteiger partial charge on any atom is 0.409 e. The van der Waals surface area contributed by atoms with E-state index in [2.05, 4.69) is 0 Å². The number of nitrogens with zero attached hydrogens (tertiary/aromatic N) is 2. The highest BCUT2D eigenvalue weighted by atomic mass is 16.6. The van der Waals surface area contributed by atoms with Crippen LogP contribution in [0, 0.1) is 5.92 Å². The van der Waals surface area contributed by atoms with Crippen molar-refractivity contribution in [2.24, 2.45) is 5.92 Å². The maximum absolute atomic E-state index is 11.9. The lowest BCUT2D eigenvalue weighted by atomic mass is 10.1. The number of carbonyl (C=O) groups excluding carboxylic acids is 1. The van der Waals surface area contributed by atoms with Crippen LogP contribution in [-0.2, 0) is 4.74 Å². The molecule has 1 N–H and O–H groups in total. The predicted octanol–water partition coefficient (Wildman–Crippen LogP) is 2.62. The van der Waals surface area contributed by atoms with Crippen molar-refractivity contribution in [3.05, 3.63) is 24.0 Å². The van der Waals surface area contributed by atoms with Crippen molar-refractivity contribution in [3.63, 3.8) is 0 Å². The van der Waals surface area contributed by atoms with Gasteiger partial charge in [0.15, 0.2) is 0 Å². The van der Waals surface area contributed by atoms with Gasteiger partial charge >= 0.3 is 12.1 Å². The summed E-state index contributed by atoms with van der Waals surface area (Å²) in [6, 6.07) is 3.47. The van der Waals surface area contributed by atoms with E-state index in [0.29, 0.717) is 31.3 Å². The summed E-state index contributed by atoms with van der Waals surface area (Å²) in [5.74, 6) is -0.594. The Morgan fingerprint density at radius 2 is 2.05 bits per heavy atom. The number of rotatable bonds is 4. The molecule has 0 saturated carbocycles. The SMILES string of the molecule is CC(C)COC(=O)N1CCC(n2cccc2C(=O)O)CC1. The first-order valence-electron chi connectivity index (χ1n) is 7.31. The van der Waals surface area contributed by atoms with Crippen LogP contribution < -0.4 is 0 Å². The molecule has 6 nitrogen and oxygen atoms in total. The maximum atomic E-state index is 11.9. The summed E-state index contributed by atoms with van der Waals surface area (Å²) in [5.41, 5.74) is 0.302. The van der Waals surface area contributed by atoms with Crippen LogP contribution in [0.15, 0.2) is 18.3 Å². The molecule has 1 aromatic rings. The van der Waals surface area contributed by atoms with Crippen molar-refractivity contribution in [3.8, 4) is 0 Å². The molecule has 21 heavy (non-hydrogen) atoms. The molecule has 1 fully saturated rings. The summed E-state index contributed by atoms with van der Waals surface area (Å²) in [6.45, 7) is 5.62. The summed E-state index contributed by atoms with van der Waals surface area (Å²) in [7, 11) is 0.